The molecule has 5 nitrogen and oxygen atoms in total. The Hall–Kier alpha value is -2.72. The summed E-state index contributed by atoms with van der Waals surface area (Å²) in [6.07, 6.45) is -9.61. The van der Waals surface area contributed by atoms with Crippen molar-refractivity contribution in [1.82, 2.24) is 9.78 Å². The molecule has 2 aromatic rings. The third-order valence-corrected chi connectivity index (χ3v) is 3.42. The molecule has 0 radical (unpaired) electrons. The van der Waals surface area contributed by atoms with Crippen LogP contribution in [0.3, 0.4) is 0 Å². The third-order valence-electron chi connectivity index (χ3n) is 3.42. The average molecular weight is 380 g/mol. The molecule has 0 fully saturated rings. The first-order valence-corrected chi connectivity index (χ1v) is 7.12. The van der Waals surface area contributed by atoms with E-state index >= 15 is 0 Å². The molecule has 26 heavy (non-hydrogen) atoms. The molecule has 1 aromatic heterocycles. The zero-order chi connectivity index (χ0) is 19.7. The number of oxime groups is 1. The van der Waals surface area contributed by atoms with Gasteiger partial charge in [0.25, 0.3) is 0 Å². The zero-order valence-electron chi connectivity index (χ0n) is 13.6. The van der Waals surface area contributed by atoms with Gasteiger partial charge in [-0.25, -0.2) is 0 Å². The van der Waals surface area contributed by atoms with E-state index in [1.165, 1.54) is 0 Å². The lowest BCUT2D eigenvalue weighted by Gasteiger charge is -2.10. The summed E-state index contributed by atoms with van der Waals surface area (Å²) in [5.41, 5.74) is 2.64. The van der Waals surface area contributed by atoms with Gasteiger partial charge < -0.3 is 10.6 Å². The minimum Gasteiger partial charge on any atom is -0.399 e. The van der Waals surface area contributed by atoms with E-state index in [-0.39, 0.29) is 6.54 Å². The smallest absolute Gasteiger partial charge is 0.399 e. The molecule has 0 aliphatic carbocycles. The Morgan fingerprint density at radius 1 is 1.23 bits per heavy atom. The molecule has 0 atom stereocenters. The highest BCUT2D eigenvalue weighted by molar-refractivity contribution is 6.05. The standard InChI is InChI=1S/C15H14F6N4O/c1-8-5-9(3-4-11(8)22)6-25-7-10(12(23-25)14(16,17)18)13(24-26-2)15(19,20)21/h3-5,7H,6,22H2,1-2H3/b24-13-. The van der Waals surface area contributed by atoms with E-state index < -0.39 is 29.3 Å². The van der Waals surface area contributed by atoms with Gasteiger partial charge in [0, 0.05) is 11.9 Å². The first-order chi connectivity index (χ1) is 11.9. The summed E-state index contributed by atoms with van der Waals surface area (Å²) in [6.45, 7) is 1.52. The van der Waals surface area contributed by atoms with E-state index in [4.69, 9.17) is 5.73 Å². The SMILES string of the molecule is CO/N=C(/c1cn(Cc2ccc(N)c(C)c2)nc1C(F)(F)F)C(F)(F)F. The number of halogens is 6. The first kappa shape index (κ1) is 19.6. The maximum atomic E-state index is 13.2. The summed E-state index contributed by atoms with van der Waals surface area (Å²) in [5, 5.41) is 5.98. The van der Waals surface area contributed by atoms with Crippen molar-refractivity contribution in [3.8, 4) is 0 Å². The largest absolute Gasteiger partial charge is 0.437 e. The molecular weight excluding hydrogens is 366 g/mol. The van der Waals surface area contributed by atoms with Gasteiger partial charge in [0.1, 0.15) is 7.11 Å². The Morgan fingerprint density at radius 2 is 1.88 bits per heavy atom. The van der Waals surface area contributed by atoms with Gasteiger partial charge in [-0.2, -0.15) is 31.4 Å². The topological polar surface area (TPSA) is 65.4 Å². The Morgan fingerprint density at radius 3 is 2.38 bits per heavy atom. The van der Waals surface area contributed by atoms with Crippen molar-refractivity contribution in [3.05, 3.63) is 46.8 Å². The Bertz CT molecular complexity index is 823. The number of alkyl halides is 6. The Labute approximate surface area is 144 Å². The van der Waals surface area contributed by atoms with Crippen LogP contribution in [0.15, 0.2) is 29.6 Å². The second kappa shape index (κ2) is 6.89. The van der Waals surface area contributed by atoms with Gasteiger partial charge in [0.15, 0.2) is 11.4 Å². The Balaban J connectivity index is 2.52. The van der Waals surface area contributed by atoms with Crippen molar-refractivity contribution in [2.24, 2.45) is 5.16 Å². The van der Waals surface area contributed by atoms with E-state index in [9.17, 15) is 26.3 Å². The van der Waals surface area contributed by atoms with E-state index in [1.54, 1.807) is 25.1 Å². The predicted octanol–water partition coefficient (Wildman–Crippen LogP) is 3.75. The highest BCUT2D eigenvalue weighted by Gasteiger charge is 2.46. The van der Waals surface area contributed by atoms with Crippen LogP contribution in [0, 0.1) is 6.92 Å². The van der Waals surface area contributed by atoms with Crippen LogP contribution in [-0.4, -0.2) is 28.8 Å². The molecule has 1 heterocycles. The van der Waals surface area contributed by atoms with Crippen LogP contribution < -0.4 is 5.73 Å². The number of aromatic nitrogens is 2. The quantitative estimate of drug-likeness (QED) is 0.380. The maximum absolute atomic E-state index is 13.2. The van der Waals surface area contributed by atoms with Gasteiger partial charge in [0.05, 0.1) is 12.1 Å². The molecule has 11 heteroatoms. The molecule has 0 saturated heterocycles. The van der Waals surface area contributed by atoms with Crippen LogP contribution in [-0.2, 0) is 17.6 Å². The summed E-state index contributed by atoms with van der Waals surface area (Å²) in [7, 11) is 0.806. The number of nitrogens with zero attached hydrogens (tertiary/aromatic N) is 3. The molecule has 0 amide bonds. The molecular formula is C15H14F6N4O. The van der Waals surface area contributed by atoms with Gasteiger partial charge in [-0.15, -0.1) is 0 Å². The summed E-state index contributed by atoms with van der Waals surface area (Å²) in [4.78, 5) is 4.06. The highest BCUT2D eigenvalue weighted by atomic mass is 19.4. The Kier molecular flexibility index (Phi) is 5.19. The molecule has 2 rings (SSSR count). The van der Waals surface area contributed by atoms with Crippen molar-refractivity contribution in [3.63, 3.8) is 0 Å². The fourth-order valence-electron chi connectivity index (χ4n) is 2.25. The molecule has 0 aliphatic rings. The molecule has 0 saturated carbocycles. The monoisotopic (exact) mass is 380 g/mol. The predicted molar refractivity (Wildman–Crippen MR) is 81.5 cm³/mol. The van der Waals surface area contributed by atoms with Gasteiger partial charge in [0.2, 0.25) is 0 Å². The van der Waals surface area contributed by atoms with E-state index in [0.717, 1.165) is 11.8 Å². The normalized spacial score (nSPS) is 13.2. The molecule has 1 aromatic carbocycles. The second-order valence-electron chi connectivity index (χ2n) is 5.40. The number of nitrogens with two attached hydrogens (primary N) is 1. The number of rotatable bonds is 4. The fourth-order valence-corrected chi connectivity index (χ4v) is 2.25. The second-order valence-corrected chi connectivity index (χ2v) is 5.40. The minimum absolute atomic E-state index is 0.178. The minimum atomic E-state index is -5.15. The number of hydrogen-bond acceptors (Lipinski definition) is 4. The summed E-state index contributed by atoms with van der Waals surface area (Å²) in [6, 6.07) is 4.70. The lowest BCUT2D eigenvalue weighted by atomic mass is 10.1. The zero-order valence-corrected chi connectivity index (χ0v) is 13.6. The summed E-state index contributed by atoms with van der Waals surface area (Å²) in [5.74, 6) is 0. The number of anilines is 1. The van der Waals surface area contributed by atoms with E-state index in [1.807, 2.05) is 0 Å². The van der Waals surface area contributed by atoms with Crippen LogP contribution in [0.5, 0.6) is 0 Å². The average Bonchev–Trinajstić information content (AvgIpc) is 2.91. The molecule has 142 valence electrons. The van der Waals surface area contributed by atoms with Crippen LogP contribution in [0.4, 0.5) is 32.0 Å². The van der Waals surface area contributed by atoms with Crippen molar-refractivity contribution in [1.29, 1.82) is 0 Å². The first-order valence-electron chi connectivity index (χ1n) is 7.12. The lowest BCUT2D eigenvalue weighted by Crippen LogP contribution is -2.26. The molecule has 0 bridgehead atoms. The van der Waals surface area contributed by atoms with Crippen molar-refractivity contribution < 1.29 is 31.2 Å². The van der Waals surface area contributed by atoms with Crippen molar-refractivity contribution in [2.45, 2.75) is 25.8 Å². The van der Waals surface area contributed by atoms with Crippen LogP contribution >= 0.6 is 0 Å². The van der Waals surface area contributed by atoms with E-state index in [2.05, 4.69) is 15.1 Å². The summed E-state index contributed by atoms with van der Waals surface area (Å²) >= 11 is 0. The van der Waals surface area contributed by atoms with Gasteiger partial charge in [-0.05, 0) is 24.1 Å². The maximum Gasteiger partial charge on any atom is 0.437 e. The van der Waals surface area contributed by atoms with Gasteiger partial charge in [-0.3, -0.25) is 4.68 Å². The number of aryl methyl sites for hydroxylation is 1. The van der Waals surface area contributed by atoms with Gasteiger partial charge >= 0.3 is 12.4 Å². The number of benzene rings is 1. The number of hydrogen-bond donors (Lipinski definition) is 1. The fraction of sp³-hybridized carbons (Fsp3) is 0.333. The van der Waals surface area contributed by atoms with Crippen LogP contribution in [0.25, 0.3) is 0 Å². The van der Waals surface area contributed by atoms with E-state index in [0.29, 0.717) is 23.0 Å². The number of nitrogen functional groups attached to an aromatic ring is 1. The van der Waals surface area contributed by atoms with Crippen LogP contribution in [0.1, 0.15) is 22.4 Å². The molecule has 2 N–H and O–H groups in total. The van der Waals surface area contributed by atoms with Gasteiger partial charge in [-0.1, -0.05) is 17.3 Å². The van der Waals surface area contributed by atoms with Crippen molar-refractivity contribution >= 4 is 11.4 Å². The summed E-state index contributed by atoms with van der Waals surface area (Å²) < 4.78 is 79.4. The van der Waals surface area contributed by atoms with Crippen LogP contribution in [0.2, 0.25) is 0 Å². The lowest BCUT2D eigenvalue weighted by molar-refractivity contribution is -0.141. The third kappa shape index (κ3) is 4.27. The highest BCUT2D eigenvalue weighted by Crippen LogP contribution is 2.34. The van der Waals surface area contributed by atoms with Crippen molar-refractivity contribution in [2.75, 3.05) is 12.8 Å². The molecule has 0 aliphatic heterocycles. The molecule has 0 unspecified atom stereocenters. The molecule has 0 spiro atoms.